The molecule has 1 heterocycles. The van der Waals surface area contributed by atoms with Crippen molar-refractivity contribution in [3.63, 3.8) is 0 Å². The van der Waals surface area contributed by atoms with Gasteiger partial charge in [-0.1, -0.05) is 48.0 Å². The summed E-state index contributed by atoms with van der Waals surface area (Å²) in [5.41, 5.74) is 5.68. The maximum Gasteiger partial charge on any atom is 0.0730 e. The molecule has 20 heavy (non-hydrogen) atoms. The highest BCUT2D eigenvalue weighted by Gasteiger charge is 2.08. The van der Waals surface area contributed by atoms with E-state index in [4.69, 9.17) is 4.98 Å². The zero-order valence-corrected chi connectivity index (χ0v) is 12.1. The third kappa shape index (κ3) is 2.25. The van der Waals surface area contributed by atoms with E-state index in [0.717, 1.165) is 16.8 Å². The Kier molecular flexibility index (Phi) is 3.15. The summed E-state index contributed by atoms with van der Waals surface area (Å²) in [6.07, 6.45) is 0. The zero-order chi connectivity index (χ0) is 14.1. The number of nitrogens with zero attached hydrogens (tertiary/aromatic N) is 2. The molecule has 0 spiro atoms. The number of aromatic nitrogens is 1. The molecule has 0 aliphatic rings. The van der Waals surface area contributed by atoms with Crippen molar-refractivity contribution in [2.75, 3.05) is 19.0 Å². The number of hydrogen-bond acceptors (Lipinski definition) is 2. The Morgan fingerprint density at radius 2 is 1.60 bits per heavy atom. The molecule has 2 nitrogen and oxygen atoms in total. The number of benzene rings is 2. The van der Waals surface area contributed by atoms with Crippen molar-refractivity contribution in [2.45, 2.75) is 6.92 Å². The van der Waals surface area contributed by atoms with E-state index in [9.17, 15) is 0 Å². The molecule has 2 heteroatoms. The minimum absolute atomic E-state index is 1.02. The lowest BCUT2D eigenvalue weighted by Crippen LogP contribution is -2.09. The summed E-state index contributed by atoms with van der Waals surface area (Å²) in [6.45, 7) is 2.10. The van der Waals surface area contributed by atoms with Crippen LogP contribution in [-0.4, -0.2) is 19.1 Å². The van der Waals surface area contributed by atoms with Gasteiger partial charge < -0.3 is 4.90 Å². The van der Waals surface area contributed by atoms with E-state index in [0.29, 0.717) is 0 Å². The van der Waals surface area contributed by atoms with Crippen molar-refractivity contribution >= 4 is 16.6 Å². The van der Waals surface area contributed by atoms with Crippen molar-refractivity contribution in [1.82, 2.24) is 4.98 Å². The SMILES string of the molecule is Cc1ccc(-c2cc(N(C)C)c3ccccc3n2)cc1. The maximum atomic E-state index is 4.79. The van der Waals surface area contributed by atoms with Gasteiger partial charge >= 0.3 is 0 Å². The molecule has 0 bridgehead atoms. The topological polar surface area (TPSA) is 16.1 Å². The Bertz CT molecular complexity index is 743. The predicted octanol–water partition coefficient (Wildman–Crippen LogP) is 4.28. The van der Waals surface area contributed by atoms with Crippen LogP contribution in [0, 0.1) is 6.92 Å². The van der Waals surface area contributed by atoms with Gasteiger partial charge in [-0.25, -0.2) is 4.98 Å². The van der Waals surface area contributed by atoms with Crippen LogP contribution in [0.5, 0.6) is 0 Å². The van der Waals surface area contributed by atoms with Gasteiger partial charge in [0.1, 0.15) is 0 Å². The normalized spacial score (nSPS) is 10.8. The fourth-order valence-corrected chi connectivity index (χ4v) is 2.40. The molecule has 0 saturated carbocycles. The van der Waals surface area contributed by atoms with Gasteiger partial charge in [0.25, 0.3) is 0 Å². The molecule has 0 aliphatic carbocycles. The van der Waals surface area contributed by atoms with Crippen LogP contribution in [0.2, 0.25) is 0 Å². The molecule has 0 amide bonds. The molecule has 3 aromatic rings. The number of anilines is 1. The fourth-order valence-electron chi connectivity index (χ4n) is 2.40. The number of pyridine rings is 1. The lowest BCUT2D eigenvalue weighted by molar-refractivity contribution is 1.14. The molecule has 0 atom stereocenters. The van der Waals surface area contributed by atoms with Crippen molar-refractivity contribution < 1.29 is 0 Å². The minimum Gasteiger partial charge on any atom is -0.377 e. The summed E-state index contributed by atoms with van der Waals surface area (Å²) in [5.74, 6) is 0. The molecule has 0 aliphatic heterocycles. The minimum atomic E-state index is 1.02. The summed E-state index contributed by atoms with van der Waals surface area (Å²) in [6, 6.07) is 19.0. The van der Waals surface area contributed by atoms with E-state index in [2.05, 4.69) is 74.4 Å². The molecule has 0 unspecified atom stereocenters. The first kappa shape index (κ1) is 12.7. The zero-order valence-electron chi connectivity index (χ0n) is 12.1. The van der Waals surface area contributed by atoms with Crippen molar-refractivity contribution in [2.24, 2.45) is 0 Å². The fraction of sp³-hybridized carbons (Fsp3) is 0.167. The number of hydrogen-bond donors (Lipinski definition) is 0. The molecule has 2 aromatic carbocycles. The molecule has 3 rings (SSSR count). The van der Waals surface area contributed by atoms with Crippen LogP contribution in [0.25, 0.3) is 22.2 Å². The molecule has 0 N–H and O–H groups in total. The Balaban J connectivity index is 2.24. The van der Waals surface area contributed by atoms with Gasteiger partial charge in [-0.2, -0.15) is 0 Å². The third-order valence-electron chi connectivity index (χ3n) is 3.52. The Labute approximate surface area is 119 Å². The second kappa shape index (κ2) is 4.97. The van der Waals surface area contributed by atoms with Crippen LogP contribution >= 0.6 is 0 Å². The lowest BCUT2D eigenvalue weighted by atomic mass is 10.1. The van der Waals surface area contributed by atoms with Gasteiger partial charge in [0.2, 0.25) is 0 Å². The molecule has 0 saturated heterocycles. The number of para-hydroxylation sites is 1. The highest BCUT2D eigenvalue weighted by molar-refractivity contribution is 5.94. The van der Waals surface area contributed by atoms with Gasteiger partial charge in [0.05, 0.1) is 11.2 Å². The standard InChI is InChI=1S/C18H18N2/c1-13-8-10-14(11-9-13)17-12-18(20(2)3)15-6-4-5-7-16(15)19-17/h4-12H,1-3H3. The molecule has 100 valence electrons. The number of fused-ring (bicyclic) bond motifs is 1. The van der Waals surface area contributed by atoms with E-state index < -0.39 is 0 Å². The number of aryl methyl sites for hydroxylation is 1. The summed E-state index contributed by atoms with van der Waals surface area (Å²) < 4.78 is 0. The summed E-state index contributed by atoms with van der Waals surface area (Å²) >= 11 is 0. The van der Waals surface area contributed by atoms with Gasteiger partial charge in [0.15, 0.2) is 0 Å². The van der Waals surface area contributed by atoms with Gasteiger partial charge in [0, 0.05) is 30.7 Å². The van der Waals surface area contributed by atoms with Crippen LogP contribution in [0.3, 0.4) is 0 Å². The molecule has 0 radical (unpaired) electrons. The summed E-state index contributed by atoms with van der Waals surface area (Å²) in [4.78, 5) is 6.93. The van der Waals surface area contributed by atoms with E-state index in [-0.39, 0.29) is 0 Å². The second-order valence-corrected chi connectivity index (χ2v) is 5.30. The quantitative estimate of drug-likeness (QED) is 0.685. The smallest absolute Gasteiger partial charge is 0.0730 e. The van der Waals surface area contributed by atoms with Crippen LogP contribution in [0.15, 0.2) is 54.6 Å². The summed E-state index contributed by atoms with van der Waals surface area (Å²) in [7, 11) is 4.14. The van der Waals surface area contributed by atoms with Gasteiger partial charge in [-0.15, -0.1) is 0 Å². The predicted molar refractivity (Wildman–Crippen MR) is 86.2 cm³/mol. The van der Waals surface area contributed by atoms with Crippen molar-refractivity contribution in [3.05, 3.63) is 60.2 Å². The summed E-state index contributed by atoms with van der Waals surface area (Å²) in [5, 5.41) is 1.19. The van der Waals surface area contributed by atoms with E-state index in [1.54, 1.807) is 0 Å². The molecular formula is C18H18N2. The van der Waals surface area contributed by atoms with E-state index in [1.807, 2.05) is 6.07 Å². The molecular weight excluding hydrogens is 244 g/mol. The average molecular weight is 262 g/mol. The second-order valence-electron chi connectivity index (χ2n) is 5.30. The maximum absolute atomic E-state index is 4.79. The third-order valence-corrected chi connectivity index (χ3v) is 3.52. The first-order valence-corrected chi connectivity index (χ1v) is 6.79. The highest BCUT2D eigenvalue weighted by atomic mass is 15.1. The van der Waals surface area contributed by atoms with Crippen LogP contribution in [-0.2, 0) is 0 Å². The highest BCUT2D eigenvalue weighted by Crippen LogP contribution is 2.29. The van der Waals surface area contributed by atoms with Gasteiger partial charge in [-0.05, 0) is 19.1 Å². The van der Waals surface area contributed by atoms with Crippen molar-refractivity contribution in [3.8, 4) is 11.3 Å². The molecule has 0 fully saturated rings. The van der Waals surface area contributed by atoms with E-state index >= 15 is 0 Å². The van der Waals surface area contributed by atoms with Crippen molar-refractivity contribution in [1.29, 1.82) is 0 Å². The number of rotatable bonds is 2. The average Bonchev–Trinajstić information content (AvgIpc) is 2.46. The Morgan fingerprint density at radius 3 is 2.30 bits per heavy atom. The van der Waals surface area contributed by atoms with Gasteiger partial charge in [-0.3, -0.25) is 0 Å². The first-order chi connectivity index (χ1) is 9.65. The molecule has 1 aromatic heterocycles. The first-order valence-electron chi connectivity index (χ1n) is 6.79. The largest absolute Gasteiger partial charge is 0.377 e. The lowest BCUT2D eigenvalue weighted by Gasteiger charge is -2.17. The Hall–Kier alpha value is -2.35. The van der Waals surface area contributed by atoms with Crippen LogP contribution < -0.4 is 4.90 Å². The van der Waals surface area contributed by atoms with Crippen LogP contribution in [0.4, 0.5) is 5.69 Å². The monoisotopic (exact) mass is 262 g/mol. The Morgan fingerprint density at radius 1 is 0.900 bits per heavy atom. The van der Waals surface area contributed by atoms with Crippen LogP contribution in [0.1, 0.15) is 5.56 Å². The van der Waals surface area contributed by atoms with E-state index in [1.165, 1.54) is 16.6 Å².